The fourth-order valence-electron chi connectivity index (χ4n) is 3.73. The average molecular weight is 451 g/mol. The molecule has 0 bridgehead atoms. The number of rotatable bonds is 7. The molecule has 1 heterocycles. The van der Waals surface area contributed by atoms with Gasteiger partial charge in [0.05, 0.1) is 14.2 Å². The number of ether oxygens (including phenoxy) is 3. The van der Waals surface area contributed by atoms with E-state index in [0.717, 1.165) is 12.1 Å². The fraction of sp³-hybridized carbons (Fsp3) is 0.435. The van der Waals surface area contributed by atoms with Crippen LogP contribution in [0.15, 0.2) is 36.4 Å². The van der Waals surface area contributed by atoms with Gasteiger partial charge in [-0.1, -0.05) is 23.7 Å². The van der Waals surface area contributed by atoms with Gasteiger partial charge in [-0.05, 0) is 31.5 Å². The molecule has 0 unspecified atom stereocenters. The van der Waals surface area contributed by atoms with Crippen molar-refractivity contribution in [2.75, 3.05) is 33.9 Å². The average Bonchev–Trinajstić information content (AvgIpc) is 2.76. The van der Waals surface area contributed by atoms with Crippen LogP contribution in [-0.4, -0.2) is 61.7 Å². The lowest BCUT2D eigenvalue weighted by atomic mass is 10.1. The van der Waals surface area contributed by atoms with Crippen LogP contribution in [0.5, 0.6) is 17.2 Å². The molecule has 1 saturated heterocycles. The maximum Gasteiger partial charge on any atom is 0.260 e. The van der Waals surface area contributed by atoms with Gasteiger partial charge >= 0.3 is 0 Å². The Morgan fingerprint density at radius 2 is 1.74 bits per heavy atom. The number of hydrogen-bond donors (Lipinski definition) is 0. The normalized spacial score (nSPS) is 19.2. The van der Waals surface area contributed by atoms with Crippen LogP contribution < -0.4 is 14.2 Å². The standard InChI is InChI=1S/C23H28ClFN2O4/c1-15-12-27(16(2)11-26(15)13-17-5-7-18(25)8-6-17)22(28)14-31-21-10-19(29-3)9-20(30-4)23(21)24/h5-10,15-16H,11-14H2,1-4H3/t15-,16+/m0/s1. The van der Waals surface area contributed by atoms with Gasteiger partial charge in [0.25, 0.3) is 5.91 Å². The summed E-state index contributed by atoms with van der Waals surface area (Å²) in [4.78, 5) is 17.0. The summed E-state index contributed by atoms with van der Waals surface area (Å²) in [7, 11) is 3.04. The lowest BCUT2D eigenvalue weighted by molar-refractivity contribution is -0.139. The molecule has 8 heteroatoms. The highest BCUT2D eigenvalue weighted by atomic mass is 35.5. The molecule has 0 radical (unpaired) electrons. The second-order valence-electron chi connectivity index (χ2n) is 7.73. The molecule has 1 aliphatic heterocycles. The van der Waals surface area contributed by atoms with Crippen molar-refractivity contribution in [3.05, 3.63) is 52.8 Å². The van der Waals surface area contributed by atoms with Crippen molar-refractivity contribution < 1.29 is 23.4 Å². The fourth-order valence-corrected chi connectivity index (χ4v) is 3.97. The molecule has 2 aromatic rings. The molecule has 0 aliphatic carbocycles. The molecule has 0 saturated carbocycles. The number of amides is 1. The van der Waals surface area contributed by atoms with Crippen molar-refractivity contribution in [3.63, 3.8) is 0 Å². The largest absolute Gasteiger partial charge is 0.496 e. The van der Waals surface area contributed by atoms with E-state index >= 15 is 0 Å². The highest BCUT2D eigenvalue weighted by Crippen LogP contribution is 2.38. The van der Waals surface area contributed by atoms with Crippen molar-refractivity contribution in [3.8, 4) is 17.2 Å². The lowest BCUT2D eigenvalue weighted by Crippen LogP contribution is -2.58. The topological polar surface area (TPSA) is 51.2 Å². The summed E-state index contributed by atoms with van der Waals surface area (Å²) in [5.41, 5.74) is 1.05. The van der Waals surface area contributed by atoms with Crippen LogP contribution in [0.4, 0.5) is 4.39 Å². The molecule has 0 spiro atoms. The van der Waals surface area contributed by atoms with Gasteiger partial charge < -0.3 is 19.1 Å². The van der Waals surface area contributed by atoms with E-state index in [1.54, 1.807) is 24.3 Å². The highest BCUT2D eigenvalue weighted by molar-refractivity contribution is 6.33. The quantitative estimate of drug-likeness (QED) is 0.638. The molecule has 31 heavy (non-hydrogen) atoms. The van der Waals surface area contributed by atoms with Gasteiger partial charge in [-0.15, -0.1) is 0 Å². The summed E-state index contributed by atoms with van der Waals surface area (Å²) < 4.78 is 29.3. The molecule has 0 N–H and O–H groups in total. The van der Waals surface area contributed by atoms with Crippen molar-refractivity contribution in [2.24, 2.45) is 0 Å². The third-order valence-corrected chi connectivity index (χ3v) is 5.89. The number of carbonyl (C=O) groups is 1. The Morgan fingerprint density at radius 1 is 1.06 bits per heavy atom. The first-order valence-corrected chi connectivity index (χ1v) is 10.5. The lowest BCUT2D eigenvalue weighted by Gasteiger charge is -2.44. The zero-order valence-electron chi connectivity index (χ0n) is 18.2. The van der Waals surface area contributed by atoms with Gasteiger partial charge in [-0.25, -0.2) is 4.39 Å². The van der Waals surface area contributed by atoms with Crippen molar-refractivity contribution >= 4 is 17.5 Å². The highest BCUT2D eigenvalue weighted by Gasteiger charge is 2.32. The summed E-state index contributed by atoms with van der Waals surface area (Å²) in [5.74, 6) is 0.926. The second-order valence-corrected chi connectivity index (χ2v) is 8.11. The number of nitrogens with zero attached hydrogens (tertiary/aromatic N) is 2. The van der Waals surface area contributed by atoms with Crippen LogP contribution in [-0.2, 0) is 11.3 Å². The molecular weight excluding hydrogens is 423 g/mol. The molecule has 0 aromatic heterocycles. The molecule has 1 fully saturated rings. The number of carbonyl (C=O) groups excluding carboxylic acids is 1. The first-order chi connectivity index (χ1) is 14.8. The summed E-state index contributed by atoms with van der Waals surface area (Å²) in [6.45, 7) is 5.98. The molecule has 3 rings (SSSR count). The van der Waals surface area contributed by atoms with E-state index in [4.69, 9.17) is 25.8 Å². The van der Waals surface area contributed by atoms with Gasteiger partial charge in [0.2, 0.25) is 0 Å². The summed E-state index contributed by atoms with van der Waals surface area (Å²) in [6, 6.07) is 9.99. The first-order valence-electron chi connectivity index (χ1n) is 10.1. The Balaban J connectivity index is 1.61. The molecule has 1 aliphatic rings. The summed E-state index contributed by atoms with van der Waals surface area (Å²) in [5, 5.41) is 0.293. The molecule has 2 atom stereocenters. The monoisotopic (exact) mass is 450 g/mol. The van der Waals surface area contributed by atoms with Gasteiger partial charge in [0.15, 0.2) is 6.61 Å². The zero-order valence-corrected chi connectivity index (χ0v) is 19.0. The van der Waals surface area contributed by atoms with E-state index in [9.17, 15) is 9.18 Å². The summed E-state index contributed by atoms with van der Waals surface area (Å²) in [6.07, 6.45) is 0. The Kier molecular flexibility index (Phi) is 7.62. The van der Waals surface area contributed by atoms with Crippen LogP contribution >= 0.6 is 11.6 Å². The molecule has 168 valence electrons. The number of benzene rings is 2. The van der Waals surface area contributed by atoms with Crippen LogP contribution in [0.1, 0.15) is 19.4 Å². The summed E-state index contributed by atoms with van der Waals surface area (Å²) >= 11 is 6.30. The van der Waals surface area contributed by atoms with Crippen molar-refractivity contribution in [1.29, 1.82) is 0 Å². The zero-order chi connectivity index (χ0) is 22.5. The molecule has 1 amide bonds. The van der Waals surface area contributed by atoms with Crippen molar-refractivity contribution in [1.82, 2.24) is 9.80 Å². The molecular formula is C23H28ClFN2O4. The van der Waals surface area contributed by atoms with Gasteiger partial charge in [0, 0.05) is 43.9 Å². The van der Waals surface area contributed by atoms with E-state index in [-0.39, 0.29) is 30.4 Å². The number of piperazine rings is 1. The molecule has 2 aromatic carbocycles. The third kappa shape index (κ3) is 5.60. The minimum absolute atomic E-state index is 0.0167. The third-order valence-electron chi connectivity index (χ3n) is 5.52. The van der Waals surface area contributed by atoms with Crippen LogP contribution in [0.25, 0.3) is 0 Å². The van der Waals surface area contributed by atoms with E-state index in [1.165, 1.54) is 26.4 Å². The van der Waals surface area contributed by atoms with Gasteiger partial charge in [0.1, 0.15) is 28.1 Å². The van der Waals surface area contributed by atoms with Crippen molar-refractivity contribution in [2.45, 2.75) is 32.5 Å². The van der Waals surface area contributed by atoms with Gasteiger partial charge in [-0.2, -0.15) is 0 Å². The Bertz CT molecular complexity index is 909. The minimum atomic E-state index is -0.241. The van der Waals surface area contributed by atoms with E-state index in [1.807, 2.05) is 11.8 Å². The number of halogens is 2. The van der Waals surface area contributed by atoms with E-state index in [2.05, 4.69) is 11.8 Å². The maximum atomic E-state index is 13.2. The second kappa shape index (κ2) is 10.2. The Hall–Kier alpha value is -2.51. The van der Waals surface area contributed by atoms with E-state index < -0.39 is 0 Å². The SMILES string of the molecule is COc1cc(OC)c(Cl)c(OCC(=O)N2C[C@H](C)N(Cc3ccc(F)cc3)C[C@H]2C)c1. The van der Waals surface area contributed by atoms with Crippen LogP contribution in [0, 0.1) is 5.82 Å². The maximum absolute atomic E-state index is 13.2. The predicted molar refractivity (Wildman–Crippen MR) is 117 cm³/mol. The molecule has 6 nitrogen and oxygen atoms in total. The first kappa shape index (κ1) is 23.2. The van der Waals surface area contributed by atoms with E-state index in [0.29, 0.717) is 35.4 Å². The number of hydrogen-bond acceptors (Lipinski definition) is 5. The Morgan fingerprint density at radius 3 is 2.39 bits per heavy atom. The van der Waals surface area contributed by atoms with Crippen LogP contribution in [0.3, 0.4) is 0 Å². The minimum Gasteiger partial charge on any atom is -0.496 e. The smallest absolute Gasteiger partial charge is 0.260 e. The number of methoxy groups -OCH3 is 2. The van der Waals surface area contributed by atoms with Crippen LogP contribution in [0.2, 0.25) is 5.02 Å². The Labute approximate surface area is 187 Å². The van der Waals surface area contributed by atoms with Gasteiger partial charge in [-0.3, -0.25) is 9.69 Å². The predicted octanol–water partition coefficient (Wildman–Crippen LogP) is 4.00.